The molecule has 0 bridgehead atoms. The Hall–Kier alpha value is -3.44. The summed E-state index contributed by atoms with van der Waals surface area (Å²) in [5.74, 6) is 0.884. The molecule has 9 nitrogen and oxygen atoms in total. The van der Waals surface area contributed by atoms with E-state index in [9.17, 15) is 13.2 Å². The van der Waals surface area contributed by atoms with E-state index in [2.05, 4.69) is 20.5 Å². The van der Waals surface area contributed by atoms with Gasteiger partial charge in [0.15, 0.2) is 10.9 Å². The van der Waals surface area contributed by atoms with Gasteiger partial charge in [0.2, 0.25) is 0 Å². The number of nitrogens with one attached hydrogen (secondary N) is 3. The van der Waals surface area contributed by atoms with E-state index in [0.29, 0.717) is 22.8 Å². The number of amides is 1. The van der Waals surface area contributed by atoms with Crippen LogP contribution in [0.15, 0.2) is 64.0 Å². The zero-order chi connectivity index (χ0) is 24.0. The quantitative estimate of drug-likeness (QED) is 0.405. The highest BCUT2D eigenvalue weighted by molar-refractivity contribution is 7.92. The third-order valence-corrected chi connectivity index (χ3v) is 6.12. The molecule has 0 aliphatic rings. The number of aromatic nitrogens is 1. The molecule has 1 atom stereocenters. The third kappa shape index (κ3) is 6.77. The minimum absolute atomic E-state index is 0.0309. The van der Waals surface area contributed by atoms with Gasteiger partial charge in [-0.3, -0.25) is 14.8 Å². The molecule has 11 heteroatoms. The Morgan fingerprint density at radius 1 is 1.15 bits per heavy atom. The van der Waals surface area contributed by atoms with E-state index in [1.54, 1.807) is 31.2 Å². The fourth-order valence-electron chi connectivity index (χ4n) is 2.67. The maximum Gasteiger partial charge on any atom is 0.263 e. The molecule has 0 saturated heterocycles. The first kappa shape index (κ1) is 24.2. The normalized spacial score (nSPS) is 12.0. The van der Waals surface area contributed by atoms with Gasteiger partial charge in [0.25, 0.3) is 15.9 Å². The lowest BCUT2D eigenvalue weighted by Gasteiger charge is -2.13. The summed E-state index contributed by atoms with van der Waals surface area (Å²) in [5, 5.41) is 9.13. The Morgan fingerprint density at radius 2 is 1.82 bits per heavy atom. The van der Waals surface area contributed by atoms with Crippen molar-refractivity contribution in [3.05, 3.63) is 65.9 Å². The highest BCUT2D eigenvalue weighted by Crippen LogP contribution is 2.18. The van der Waals surface area contributed by atoms with Crippen LogP contribution in [0.1, 0.15) is 36.4 Å². The Labute approximate surface area is 197 Å². The lowest BCUT2D eigenvalue weighted by Crippen LogP contribution is -2.34. The lowest BCUT2D eigenvalue weighted by atomic mass is 10.2. The number of benzene rings is 2. The summed E-state index contributed by atoms with van der Waals surface area (Å²) in [5.41, 5.74) is 0.931. The molecule has 1 heterocycles. The van der Waals surface area contributed by atoms with Crippen molar-refractivity contribution < 1.29 is 22.5 Å². The standard InChI is InChI=1S/C22H24N4O5S2/c1-4-14(2)30-18-9-5-16(6-10-18)21(27)24-22(32)23-17-7-11-19(12-8-17)33(28,29)26-20-13-15(3)31-25-20/h5-14H,4H2,1-3H3,(H,25,26)(H2,23,24,27,32). The molecular weight excluding hydrogens is 464 g/mol. The number of sulfonamides is 1. The van der Waals surface area contributed by atoms with Crippen molar-refractivity contribution in [2.24, 2.45) is 0 Å². The monoisotopic (exact) mass is 488 g/mol. The second-order valence-electron chi connectivity index (χ2n) is 7.22. The van der Waals surface area contributed by atoms with Crippen molar-refractivity contribution in [2.75, 3.05) is 10.0 Å². The topological polar surface area (TPSA) is 123 Å². The number of hydrogen-bond donors (Lipinski definition) is 3. The van der Waals surface area contributed by atoms with Crippen LogP contribution in [0.3, 0.4) is 0 Å². The van der Waals surface area contributed by atoms with Crippen LogP contribution in [0.25, 0.3) is 0 Å². The summed E-state index contributed by atoms with van der Waals surface area (Å²) in [4.78, 5) is 12.4. The number of anilines is 2. The lowest BCUT2D eigenvalue weighted by molar-refractivity contribution is 0.0977. The molecule has 0 radical (unpaired) electrons. The van der Waals surface area contributed by atoms with Gasteiger partial charge in [-0.25, -0.2) is 8.42 Å². The van der Waals surface area contributed by atoms with Crippen molar-refractivity contribution in [2.45, 2.75) is 38.2 Å². The van der Waals surface area contributed by atoms with Gasteiger partial charge in [-0.1, -0.05) is 12.1 Å². The fraction of sp³-hybridized carbons (Fsp3) is 0.227. The summed E-state index contributed by atoms with van der Waals surface area (Å²) in [6.45, 7) is 5.66. The van der Waals surface area contributed by atoms with E-state index >= 15 is 0 Å². The van der Waals surface area contributed by atoms with Crippen LogP contribution in [0.4, 0.5) is 11.5 Å². The minimum atomic E-state index is -3.83. The zero-order valence-electron chi connectivity index (χ0n) is 18.3. The first-order valence-corrected chi connectivity index (χ1v) is 12.0. The highest BCUT2D eigenvalue weighted by atomic mass is 32.2. The Kier molecular flexibility index (Phi) is 7.67. The summed E-state index contributed by atoms with van der Waals surface area (Å²) >= 11 is 5.19. The molecule has 3 aromatic rings. The van der Waals surface area contributed by atoms with E-state index in [-0.39, 0.29) is 27.8 Å². The van der Waals surface area contributed by atoms with Crippen LogP contribution in [-0.4, -0.2) is 30.7 Å². The number of nitrogens with zero attached hydrogens (tertiary/aromatic N) is 1. The van der Waals surface area contributed by atoms with E-state index in [1.165, 1.54) is 30.3 Å². The number of hydrogen-bond acceptors (Lipinski definition) is 7. The summed E-state index contributed by atoms with van der Waals surface area (Å²) in [6, 6.07) is 14.1. The van der Waals surface area contributed by atoms with Crippen molar-refractivity contribution in [1.82, 2.24) is 10.5 Å². The van der Waals surface area contributed by atoms with E-state index in [4.69, 9.17) is 21.5 Å². The number of thiocarbonyl (C=S) groups is 1. The largest absolute Gasteiger partial charge is 0.491 e. The molecule has 3 rings (SSSR count). The molecular formula is C22H24N4O5S2. The zero-order valence-corrected chi connectivity index (χ0v) is 19.9. The van der Waals surface area contributed by atoms with Crippen LogP contribution in [-0.2, 0) is 10.0 Å². The molecule has 2 aromatic carbocycles. The SMILES string of the molecule is CCC(C)Oc1ccc(C(=O)NC(=S)Nc2ccc(S(=O)(=O)Nc3cc(C)on3)cc2)cc1. The van der Waals surface area contributed by atoms with Crippen molar-refractivity contribution in [3.63, 3.8) is 0 Å². The average Bonchev–Trinajstić information content (AvgIpc) is 3.18. The first-order valence-electron chi connectivity index (χ1n) is 10.1. The molecule has 0 aliphatic heterocycles. The van der Waals surface area contributed by atoms with Gasteiger partial charge >= 0.3 is 0 Å². The second-order valence-corrected chi connectivity index (χ2v) is 9.31. The summed E-state index contributed by atoms with van der Waals surface area (Å²) in [7, 11) is -3.83. The number of aryl methyl sites for hydroxylation is 1. The first-order chi connectivity index (χ1) is 15.7. The maximum absolute atomic E-state index is 12.4. The van der Waals surface area contributed by atoms with E-state index < -0.39 is 10.0 Å². The van der Waals surface area contributed by atoms with Crippen LogP contribution in [0.5, 0.6) is 5.75 Å². The molecule has 174 valence electrons. The van der Waals surface area contributed by atoms with Gasteiger partial charge in [-0.2, -0.15) is 0 Å². The van der Waals surface area contributed by atoms with Crippen molar-refractivity contribution >= 4 is 44.8 Å². The van der Waals surface area contributed by atoms with Crippen LogP contribution < -0.4 is 20.1 Å². The van der Waals surface area contributed by atoms with Gasteiger partial charge in [0.05, 0.1) is 11.0 Å². The molecule has 0 aliphatic carbocycles. The second kappa shape index (κ2) is 10.5. The van der Waals surface area contributed by atoms with Crippen LogP contribution in [0.2, 0.25) is 0 Å². The molecule has 1 aromatic heterocycles. The van der Waals surface area contributed by atoms with Crippen molar-refractivity contribution in [3.8, 4) is 5.75 Å². The molecule has 33 heavy (non-hydrogen) atoms. The van der Waals surface area contributed by atoms with Crippen LogP contribution >= 0.6 is 12.2 Å². The van der Waals surface area contributed by atoms with E-state index in [1.807, 2.05) is 13.8 Å². The van der Waals surface area contributed by atoms with Gasteiger partial charge in [-0.15, -0.1) is 0 Å². The predicted molar refractivity (Wildman–Crippen MR) is 129 cm³/mol. The number of carbonyl (C=O) groups is 1. The molecule has 1 amide bonds. The van der Waals surface area contributed by atoms with Gasteiger partial charge in [-0.05, 0) is 81.0 Å². The molecule has 0 spiro atoms. The number of rotatable bonds is 8. The predicted octanol–water partition coefficient (Wildman–Crippen LogP) is 4.09. The Balaban J connectivity index is 1.56. The molecule has 1 unspecified atom stereocenters. The Morgan fingerprint density at radius 3 is 2.39 bits per heavy atom. The third-order valence-electron chi connectivity index (χ3n) is 4.55. The molecule has 0 fully saturated rings. The highest BCUT2D eigenvalue weighted by Gasteiger charge is 2.16. The number of ether oxygens (including phenoxy) is 1. The van der Waals surface area contributed by atoms with E-state index in [0.717, 1.165) is 6.42 Å². The molecule has 3 N–H and O–H groups in total. The molecule has 0 saturated carbocycles. The summed E-state index contributed by atoms with van der Waals surface area (Å²) < 4.78 is 37.8. The maximum atomic E-state index is 12.4. The number of carbonyl (C=O) groups excluding carboxylic acids is 1. The van der Waals surface area contributed by atoms with Crippen LogP contribution in [0, 0.1) is 6.92 Å². The Bertz CT molecular complexity index is 1220. The fourth-order valence-corrected chi connectivity index (χ4v) is 3.86. The minimum Gasteiger partial charge on any atom is -0.491 e. The average molecular weight is 489 g/mol. The smallest absolute Gasteiger partial charge is 0.263 e. The van der Waals surface area contributed by atoms with Gasteiger partial charge in [0, 0.05) is 17.3 Å². The van der Waals surface area contributed by atoms with Gasteiger partial charge in [0.1, 0.15) is 11.5 Å². The van der Waals surface area contributed by atoms with Gasteiger partial charge < -0.3 is 14.6 Å². The summed E-state index contributed by atoms with van der Waals surface area (Å²) in [6.07, 6.45) is 0.970. The van der Waals surface area contributed by atoms with Crippen molar-refractivity contribution in [1.29, 1.82) is 0 Å².